The highest BCUT2D eigenvalue weighted by atomic mass is 15.2. The lowest BCUT2D eigenvalue weighted by molar-refractivity contribution is 0.141. The lowest BCUT2D eigenvalue weighted by Gasteiger charge is -2.35. The predicted octanol–water partition coefficient (Wildman–Crippen LogP) is 3.11. The van der Waals surface area contributed by atoms with Crippen LogP contribution in [0.2, 0.25) is 0 Å². The summed E-state index contributed by atoms with van der Waals surface area (Å²) in [5.74, 6) is 1.64. The van der Waals surface area contributed by atoms with E-state index in [0.717, 1.165) is 19.0 Å². The Kier molecular flexibility index (Phi) is 8.16. The highest BCUT2D eigenvalue weighted by molar-refractivity contribution is 5.79. The Morgan fingerprint density at radius 3 is 2.43 bits per heavy atom. The van der Waals surface area contributed by atoms with Crippen molar-refractivity contribution in [3.63, 3.8) is 0 Å². The summed E-state index contributed by atoms with van der Waals surface area (Å²) >= 11 is 0. The van der Waals surface area contributed by atoms with E-state index >= 15 is 0 Å². The fourth-order valence-corrected chi connectivity index (χ4v) is 4.57. The molecule has 5 nitrogen and oxygen atoms in total. The molecule has 2 atom stereocenters. The molecular weight excluding hydrogens is 346 g/mol. The number of likely N-dealkylation sites (tertiary alicyclic amines) is 2. The highest BCUT2D eigenvalue weighted by Gasteiger charge is 2.24. The van der Waals surface area contributed by atoms with Crippen LogP contribution in [0.3, 0.4) is 0 Å². The van der Waals surface area contributed by atoms with Crippen molar-refractivity contribution in [2.24, 2.45) is 10.9 Å². The maximum Gasteiger partial charge on any atom is 0.191 e. The van der Waals surface area contributed by atoms with Crippen LogP contribution in [0.4, 0.5) is 0 Å². The van der Waals surface area contributed by atoms with Crippen LogP contribution in [0.15, 0.2) is 35.3 Å². The SMILES string of the molecule is CN=C(NCC1CCCN(C(C)C)C1)NCC(c1ccccc1)N1CCCC1. The van der Waals surface area contributed by atoms with Crippen LogP contribution < -0.4 is 10.6 Å². The van der Waals surface area contributed by atoms with E-state index < -0.39 is 0 Å². The molecule has 0 spiro atoms. The maximum absolute atomic E-state index is 4.48. The Bertz CT molecular complexity index is 594. The summed E-state index contributed by atoms with van der Waals surface area (Å²) in [4.78, 5) is 9.69. The monoisotopic (exact) mass is 385 g/mol. The predicted molar refractivity (Wildman–Crippen MR) is 119 cm³/mol. The van der Waals surface area contributed by atoms with E-state index in [1.807, 2.05) is 7.05 Å². The van der Waals surface area contributed by atoms with E-state index in [9.17, 15) is 0 Å². The smallest absolute Gasteiger partial charge is 0.191 e. The van der Waals surface area contributed by atoms with E-state index in [0.29, 0.717) is 18.0 Å². The Hall–Kier alpha value is -1.59. The maximum atomic E-state index is 4.48. The van der Waals surface area contributed by atoms with Crippen LogP contribution in [0.5, 0.6) is 0 Å². The minimum atomic E-state index is 0.411. The molecule has 0 saturated carbocycles. The molecule has 2 saturated heterocycles. The largest absolute Gasteiger partial charge is 0.356 e. The number of aliphatic imine (C=N–C) groups is 1. The summed E-state index contributed by atoms with van der Waals surface area (Å²) in [5.41, 5.74) is 1.40. The Morgan fingerprint density at radius 2 is 1.75 bits per heavy atom. The van der Waals surface area contributed by atoms with Crippen molar-refractivity contribution in [2.75, 3.05) is 46.3 Å². The molecule has 2 N–H and O–H groups in total. The third kappa shape index (κ3) is 5.95. The lowest BCUT2D eigenvalue weighted by Crippen LogP contribution is -2.47. The first-order valence-electron chi connectivity index (χ1n) is 11.1. The van der Waals surface area contributed by atoms with Gasteiger partial charge in [0.1, 0.15) is 0 Å². The summed E-state index contributed by atoms with van der Waals surface area (Å²) in [7, 11) is 1.88. The van der Waals surface area contributed by atoms with Crippen molar-refractivity contribution < 1.29 is 0 Å². The lowest BCUT2D eigenvalue weighted by atomic mass is 9.97. The molecule has 0 aliphatic carbocycles. The van der Waals surface area contributed by atoms with Gasteiger partial charge >= 0.3 is 0 Å². The minimum Gasteiger partial charge on any atom is -0.356 e. The number of hydrogen-bond acceptors (Lipinski definition) is 3. The van der Waals surface area contributed by atoms with Crippen molar-refractivity contribution in [3.8, 4) is 0 Å². The third-order valence-electron chi connectivity index (χ3n) is 6.29. The zero-order chi connectivity index (χ0) is 19.8. The number of nitrogens with zero attached hydrogens (tertiary/aromatic N) is 3. The molecule has 156 valence electrons. The van der Waals surface area contributed by atoms with Crippen molar-refractivity contribution in [1.29, 1.82) is 0 Å². The van der Waals surface area contributed by atoms with Gasteiger partial charge in [-0.3, -0.25) is 9.89 Å². The van der Waals surface area contributed by atoms with Crippen LogP contribution in [0.25, 0.3) is 0 Å². The van der Waals surface area contributed by atoms with Gasteiger partial charge in [0.25, 0.3) is 0 Å². The van der Waals surface area contributed by atoms with Crippen LogP contribution in [-0.4, -0.2) is 68.1 Å². The highest BCUT2D eigenvalue weighted by Crippen LogP contribution is 2.24. The normalized spacial score (nSPS) is 23.1. The van der Waals surface area contributed by atoms with Gasteiger partial charge in [-0.15, -0.1) is 0 Å². The van der Waals surface area contributed by atoms with Crippen LogP contribution in [0, 0.1) is 5.92 Å². The van der Waals surface area contributed by atoms with Crippen molar-refractivity contribution >= 4 is 5.96 Å². The molecule has 0 radical (unpaired) electrons. The zero-order valence-electron chi connectivity index (χ0n) is 18.0. The van der Waals surface area contributed by atoms with E-state index in [4.69, 9.17) is 0 Å². The molecule has 3 rings (SSSR count). The average molecular weight is 386 g/mol. The summed E-state index contributed by atoms with van der Waals surface area (Å²) in [5, 5.41) is 7.19. The molecule has 2 aliphatic rings. The minimum absolute atomic E-state index is 0.411. The number of rotatable bonds is 7. The fraction of sp³-hybridized carbons (Fsp3) is 0.696. The van der Waals surface area contributed by atoms with E-state index in [2.05, 4.69) is 69.6 Å². The number of piperidine rings is 1. The molecule has 2 unspecified atom stereocenters. The Morgan fingerprint density at radius 1 is 1.04 bits per heavy atom. The second-order valence-corrected chi connectivity index (χ2v) is 8.60. The molecular formula is C23H39N5. The molecule has 2 heterocycles. The number of benzene rings is 1. The van der Waals surface area contributed by atoms with Gasteiger partial charge in [-0.05, 0) is 70.6 Å². The first-order chi connectivity index (χ1) is 13.7. The zero-order valence-corrected chi connectivity index (χ0v) is 18.0. The third-order valence-corrected chi connectivity index (χ3v) is 6.29. The van der Waals surface area contributed by atoms with Gasteiger partial charge in [0.05, 0.1) is 6.04 Å². The van der Waals surface area contributed by atoms with Gasteiger partial charge in [0, 0.05) is 32.7 Å². The molecule has 0 bridgehead atoms. The van der Waals surface area contributed by atoms with E-state index in [-0.39, 0.29) is 0 Å². The summed E-state index contributed by atoms with van der Waals surface area (Å²) in [6.07, 6.45) is 5.24. The average Bonchev–Trinajstić information content (AvgIpc) is 3.26. The second kappa shape index (κ2) is 10.8. The second-order valence-electron chi connectivity index (χ2n) is 8.60. The summed E-state index contributed by atoms with van der Waals surface area (Å²) < 4.78 is 0. The standard InChI is InChI=1S/C23H39N5/c1-19(2)28-15-9-10-20(18-28)16-25-23(24-3)26-17-22(27-13-7-8-14-27)21-11-5-4-6-12-21/h4-6,11-12,19-20,22H,7-10,13-18H2,1-3H3,(H2,24,25,26). The quantitative estimate of drug-likeness (QED) is 0.559. The number of guanidine groups is 1. The van der Waals surface area contributed by atoms with Gasteiger partial charge in [-0.25, -0.2) is 0 Å². The Labute approximate surface area is 171 Å². The van der Waals surface area contributed by atoms with Crippen LogP contribution in [-0.2, 0) is 0 Å². The molecule has 2 aliphatic heterocycles. The molecule has 5 heteroatoms. The van der Waals surface area contributed by atoms with Crippen LogP contribution >= 0.6 is 0 Å². The van der Waals surface area contributed by atoms with Crippen LogP contribution in [0.1, 0.15) is 51.1 Å². The summed E-state index contributed by atoms with van der Waals surface area (Å²) in [6.45, 7) is 11.3. The van der Waals surface area contributed by atoms with Gasteiger partial charge in [-0.2, -0.15) is 0 Å². The molecule has 0 aromatic heterocycles. The first-order valence-corrected chi connectivity index (χ1v) is 11.1. The van der Waals surface area contributed by atoms with Crippen molar-refractivity contribution in [3.05, 3.63) is 35.9 Å². The van der Waals surface area contributed by atoms with Gasteiger partial charge < -0.3 is 15.5 Å². The first kappa shape index (κ1) is 21.1. The van der Waals surface area contributed by atoms with Gasteiger partial charge in [-0.1, -0.05) is 30.3 Å². The van der Waals surface area contributed by atoms with Gasteiger partial charge in [0.15, 0.2) is 5.96 Å². The van der Waals surface area contributed by atoms with E-state index in [1.54, 1.807) is 0 Å². The molecule has 0 amide bonds. The number of hydrogen-bond donors (Lipinski definition) is 2. The molecule has 1 aromatic carbocycles. The molecule has 1 aromatic rings. The number of nitrogens with one attached hydrogen (secondary N) is 2. The topological polar surface area (TPSA) is 42.9 Å². The van der Waals surface area contributed by atoms with E-state index in [1.165, 1.54) is 57.4 Å². The Balaban J connectivity index is 1.51. The molecule has 2 fully saturated rings. The van der Waals surface area contributed by atoms with Gasteiger partial charge in [0.2, 0.25) is 0 Å². The fourth-order valence-electron chi connectivity index (χ4n) is 4.57. The molecule has 28 heavy (non-hydrogen) atoms. The van der Waals surface area contributed by atoms with Crippen molar-refractivity contribution in [2.45, 2.75) is 51.6 Å². The summed E-state index contributed by atoms with van der Waals surface area (Å²) in [6, 6.07) is 12.0. The van der Waals surface area contributed by atoms with Crippen molar-refractivity contribution in [1.82, 2.24) is 20.4 Å².